The second-order valence-corrected chi connectivity index (χ2v) is 5.44. The molecule has 0 aromatic carbocycles. The van der Waals surface area contributed by atoms with E-state index in [1.807, 2.05) is 6.07 Å². The molecule has 66 valence electrons. The third-order valence-electron chi connectivity index (χ3n) is 1.67. The van der Waals surface area contributed by atoms with Crippen LogP contribution in [-0.2, 0) is 4.79 Å². The SMILES string of the molecule is CC(=O)CC(C)c1ccc(Br)s1. The highest BCUT2D eigenvalue weighted by Gasteiger charge is 2.09. The van der Waals surface area contributed by atoms with E-state index in [0.717, 1.165) is 3.79 Å². The normalized spacial score (nSPS) is 12.9. The van der Waals surface area contributed by atoms with Gasteiger partial charge in [-0.2, -0.15) is 0 Å². The van der Waals surface area contributed by atoms with E-state index in [4.69, 9.17) is 0 Å². The molecular formula is C9H11BrOS. The minimum absolute atomic E-state index is 0.257. The van der Waals surface area contributed by atoms with Gasteiger partial charge in [0.2, 0.25) is 0 Å². The average molecular weight is 247 g/mol. The molecule has 0 spiro atoms. The minimum Gasteiger partial charge on any atom is -0.300 e. The minimum atomic E-state index is 0.257. The number of Topliss-reactive ketones (excluding diaryl/α,β-unsaturated/α-hetero) is 1. The molecule has 1 aromatic heterocycles. The molecule has 1 heterocycles. The van der Waals surface area contributed by atoms with Crippen LogP contribution >= 0.6 is 27.3 Å². The standard InChI is InChI=1S/C9H11BrOS/c1-6(5-7(2)11)8-3-4-9(10)12-8/h3-4,6H,5H2,1-2H3. The van der Waals surface area contributed by atoms with Crippen molar-refractivity contribution in [3.63, 3.8) is 0 Å². The molecule has 12 heavy (non-hydrogen) atoms. The maximum Gasteiger partial charge on any atom is 0.130 e. The van der Waals surface area contributed by atoms with Crippen molar-refractivity contribution in [3.05, 3.63) is 20.8 Å². The predicted molar refractivity (Wildman–Crippen MR) is 55.7 cm³/mol. The summed E-state index contributed by atoms with van der Waals surface area (Å²) in [4.78, 5) is 12.1. The Hall–Kier alpha value is -0.150. The molecule has 1 nitrogen and oxygen atoms in total. The highest BCUT2D eigenvalue weighted by molar-refractivity contribution is 9.11. The van der Waals surface area contributed by atoms with Crippen molar-refractivity contribution in [2.45, 2.75) is 26.2 Å². The summed E-state index contributed by atoms with van der Waals surface area (Å²) in [5, 5.41) is 0. The number of carbonyl (C=O) groups is 1. The third kappa shape index (κ3) is 2.72. The zero-order valence-corrected chi connectivity index (χ0v) is 9.54. The number of hydrogen-bond acceptors (Lipinski definition) is 2. The van der Waals surface area contributed by atoms with E-state index in [1.54, 1.807) is 18.3 Å². The first-order valence-corrected chi connectivity index (χ1v) is 5.45. The number of ketones is 1. The Morgan fingerprint density at radius 3 is 2.75 bits per heavy atom. The Morgan fingerprint density at radius 1 is 1.67 bits per heavy atom. The van der Waals surface area contributed by atoms with Crippen LogP contribution in [0.1, 0.15) is 31.1 Å². The average Bonchev–Trinajstić information content (AvgIpc) is 2.34. The van der Waals surface area contributed by atoms with Gasteiger partial charge in [-0.1, -0.05) is 6.92 Å². The maximum atomic E-state index is 10.8. The van der Waals surface area contributed by atoms with E-state index >= 15 is 0 Å². The first-order valence-electron chi connectivity index (χ1n) is 3.84. The van der Waals surface area contributed by atoms with Gasteiger partial charge < -0.3 is 4.79 Å². The van der Waals surface area contributed by atoms with E-state index in [9.17, 15) is 4.79 Å². The predicted octanol–water partition coefficient (Wildman–Crippen LogP) is 3.59. The van der Waals surface area contributed by atoms with Crippen molar-refractivity contribution < 1.29 is 4.79 Å². The molecule has 1 rings (SSSR count). The summed E-state index contributed by atoms with van der Waals surface area (Å²) in [6.45, 7) is 3.72. The monoisotopic (exact) mass is 246 g/mol. The van der Waals surface area contributed by atoms with Gasteiger partial charge in [0.1, 0.15) is 5.78 Å². The van der Waals surface area contributed by atoms with Gasteiger partial charge in [0.15, 0.2) is 0 Å². The number of halogens is 1. The summed E-state index contributed by atoms with van der Waals surface area (Å²) in [6.07, 6.45) is 0.646. The van der Waals surface area contributed by atoms with Crippen LogP contribution in [0.25, 0.3) is 0 Å². The van der Waals surface area contributed by atoms with E-state index in [-0.39, 0.29) is 5.78 Å². The summed E-state index contributed by atoms with van der Waals surface area (Å²) in [5.74, 6) is 0.617. The van der Waals surface area contributed by atoms with Gasteiger partial charge >= 0.3 is 0 Å². The lowest BCUT2D eigenvalue weighted by atomic mass is 10.0. The van der Waals surface area contributed by atoms with Crippen LogP contribution in [0.5, 0.6) is 0 Å². The van der Waals surface area contributed by atoms with Gasteiger partial charge in [0.25, 0.3) is 0 Å². The molecule has 0 aliphatic carbocycles. The van der Waals surface area contributed by atoms with Crippen LogP contribution in [0.3, 0.4) is 0 Å². The van der Waals surface area contributed by atoms with Crippen LogP contribution in [0.15, 0.2) is 15.9 Å². The third-order valence-corrected chi connectivity index (χ3v) is 3.53. The van der Waals surface area contributed by atoms with Gasteiger partial charge in [0.05, 0.1) is 3.79 Å². The van der Waals surface area contributed by atoms with E-state index in [2.05, 4.69) is 28.9 Å². The van der Waals surface area contributed by atoms with Crippen molar-refractivity contribution in [2.75, 3.05) is 0 Å². The zero-order valence-electron chi connectivity index (χ0n) is 7.13. The summed E-state index contributed by atoms with van der Waals surface area (Å²) in [6, 6.07) is 4.10. The number of rotatable bonds is 3. The van der Waals surface area contributed by atoms with Crippen LogP contribution < -0.4 is 0 Å². The lowest BCUT2D eigenvalue weighted by Crippen LogP contribution is -1.97. The molecule has 0 N–H and O–H groups in total. The quantitative estimate of drug-likeness (QED) is 0.797. The topological polar surface area (TPSA) is 17.1 Å². The second-order valence-electron chi connectivity index (χ2n) is 2.95. The molecule has 0 aliphatic heterocycles. The molecule has 0 saturated heterocycles. The summed E-state index contributed by atoms with van der Waals surface area (Å²) in [7, 11) is 0. The van der Waals surface area contributed by atoms with Gasteiger partial charge in [-0.25, -0.2) is 0 Å². The largest absolute Gasteiger partial charge is 0.300 e. The molecule has 1 aromatic rings. The fourth-order valence-electron chi connectivity index (χ4n) is 1.12. The zero-order chi connectivity index (χ0) is 9.14. The Kier molecular flexibility index (Phi) is 3.47. The Morgan fingerprint density at radius 2 is 2.33 bits per heavy atom. The molecule has 1 unspecified atom stereocenters. The molecule has 3 heteroatoms. The van der Waals surface area contributed by atoms with Crippen LogP contribution in [0.4, 0.5) is 0 Å². The van der Waals surface area contributed by atoms with Gasteiger partial charge in [-0.05, 0) is 40.9 Å². The number of hydrogen-bond donors (Lipinski definition) is 0. The second kappa shape index (κ2) is 4.19. The summed E-state index contributed by atoms with van der Waals surface area (Å²) >= 11 is 5.10. The Bertz CT molecular complexity index is 280. The molecule has 0 fully saturated rings. The Balaban J connectivity index is 2.64. The Labute approximate surface area is 84.9 Å². The molecular weight excluding hydrogens is 236 g/mol. The van der Waals surface area contributed by atoms with E-state index in [0.29, 0.717) is 12.3 Å². The molecule has 0 amide bonds. The van der Waals surface area contributed by atoms with E-state index in [1.165, 1.54) is 4.88 Å². The lowest BCUT2D eigenvalue weighted by Gasteiger charge is -2.04. The molecule has 0 bridgehead atoms. The number of thiophene rings is 1. The highest BCUT2D eigenvalue weighted by atomic mass is 79.9. The first-order chi connectivity index (χ1) is 5.59. The first kappa shape index (κ1) is 9.93. The number of carbonyl (C=O) groups excluding carboxylic acids is 1. The smallest absolute Gasteiger partial charge is 0.130 e. The van der Waals surface area contributed by atoms with Crippen molar-refractivity contribution >= 4 is 33.0 Å². The molecule has 1 atom stereocenters. The van der Waals surface area contributed by atoms with Gasteiger partial charge in [0, 0.05) is 11.3 Å². The van der Waals surface area contributed by atoms with Crippen molar-refractivity contribution in [1.82, 2.24) is 0 Å². The van der Waals surface area contributed by atoms with Gasteiger partial charge in [-0.3, -0.25) is 0 Å². The molecule has 0 aliphatic rings. The fourth-order valence-corrected chi connectivity index (χ4v) is 2.60. The van der Waals surface area contributed by atoms with Crippen molar-refractivity contribution in [1.29, 1.82) is 0 Å². The summed E-state index contributed by atoms with van der Waals surface area (Å²) < 4.78 is 1.13. The van der Waals surface area contributed by atoms with Gasteiger partial charge in [-0.15, -0.1) is 11.3 Å². The molecule has 0 saturated carbocycles. The lowest BCUT2D eigenvalue weighted by molar-refractivity contribution is -0.117. The van der Waals surface area contributed by atoms with Crippen LogP contribution in [0, 0.1) is 0 Å². The maximum absolute atomic E-state index is 10.8. The summed E-state index contributed by atoms with van der Waals surface area (Å²) in [5.41, 5.74) is 0. The van der Waals surface area contributed by atoms with Crippen LogP contribution in [0.2, 0.25) is 0 Å². The van der Waals surface area contributed by atoms with E-state index < -0.39 is 0 Å². The van der Waals surface area contributed by atoms with Crippen molar-refractivity contribution in [3.8, 4) is 0 Å². The molecule has 0 radical (unpaired) electrons. The highest BCUT2D eigenvalue weighted by Crippen LogP contribution is 2.30. The van der Waals surface area contributed by atoms with Crippen LogP contribution in [-0.4, -0.2) is 5.78 Å². The fraction of sp³-hybridized carbons (Fsp3) is 0.444. The van der Waals surface area contributed by atoms with Crippen molar-refractivity contribution in [2.24, 2.45) is 0 Å².